The van der Waals surface area contributed by atoms with E-state index in [4.69, 9.17) is 20.3 Å². The molecule has 17 heteroatoms. The molecule has 4 atom stereocenters. The second kappa shape index (κ2) is 10.8. The quantitative estimate of drug-likeness (QED) is 0.220. The number of nitrogens with zero attached hydrogens (tertiary/aromatic N) is 10. The van der Waals surface area contributed by atoms with Gasteiger partial charge in [-0.15, -0.1) is 10.2 Å². The van der Waals surface area contributed by atoms with Crippen molar-refractivity contribution in [2.24, 2.45) is 0 Å². The first-order valence-electron chi connectivity index (χ1n) is 14.9. The highest BCUT2D eigenvalue weighted by molar-refractivity contribution is 5.76. The van der Waals surface area contributed by atoms with Gasteiger partial charge in [0.15, 0.2) is 22.8 Å². The van der Waals surface area contributed by atoms with Crippen LogP contribution in [0.4, 0.5) is 16.7 Å². The van der Waals surface area contributed by atoms with Crippen LogP contribution in [0.15, 0.2) is 57.8 Å². The third kappa shape index (κ3) is 4.76. The zero-order valence-corrected chi connectivity index (χ0v) is 24.4. The number of carbonyl (C=O) groups is 1. The number of hydrogen-bond acceptors (Lipinski definition) is 13. The van der Waals surface area contributed by atoms with Crippen LogP contribution in [-0.2, 0) is 0 Å². The Hall–Kier alpha value is -5.55. The number of anilines is 2. The minimum Gasteiger partial charge on any atom is -0.461 e. The summed E-state index contributed by atoms with van der Waals surface area (Å²) in [6.07, 6.45) is 3.04. The molecule has 0 radical (unpaired) electrons. The average Bonchev–Trinajstić information content (AvgIpc) is 3.87. The molecule has 2 saturated heterocycles. The summed E-state index contributed by atoms with van der Waals surface area (Å²) < 4.78 is 13.7. The van der Waals surface area contributed by atoms with Crippen molar-refractivity contribution < 1.29 is 23.8 Å². The number of aromatic nitrogens is 8. The largest absolute Gasteiger partial charge is 0.461 e. The molecule has 2 fully saturated rings. The molecule has 4 unspecified atom stereocenters. The molecule has 236 valence electrons. The lowest BCUT2D eigenvalue weighted by atomic mass is 9.94. The lowest BCUT2D eigenvalue weighted by Crippen LogP contribution is -2.52. The van der Waals surface area contributed by atoms with E-state index < -0.39 is 24.3 Å². The molecule has 6 aromatic rings. The Bertz CT molecular complexity index is 1890. The van der Waals surface area contributed by atoms with Crippen LogP contribution in [0, 0.1) is 0 Å². The van der Waals surface area contributed by atoms with Crippen LogP contribution in [0.25, 0.3) is 34.5 Å². The normalized spacial score (nSPS) is 22.2. The predicted molar refractivity (Wildman–Crippen MR) is 161 cm³/mol. The van der Waals surface area contributed by atoms with Crippen molar-refractivity contribution in [3.8, 4) is 23.2 Å². The van der Waals surface area contributed by atoms with Crippen molar-refractivity contribution in [3.63, 3.8) is 0 Å². The van der Waals surface area contributed by atoms with Crippen molar-refractivity contribution in [2.75, 3.05) is 24.6 Å². The van der Waals surface area contributed by atoms with Gasteiger partial charge < -0.3 is 40.3 Å². The highest BCUT2D eigenvalue weighted by atomic mass is 16.3. The van der Waals surface area contributed by atoms with Gasteiger partial charge in [0.25, 0.3) is 0 Å². The van der Waals surface area contributed by atoms with E-state index in [0.29, 0.717) is 58.7 Å². The van der Waals surface area contributed by atoms with Crippen LogP contribution in [0.3, 0.4) is 0 Å². The fourth-order valence-corrected chi connectivity index (χ4v) is 6.30. The van der Waals surface area contributed by atoms with Gasteiger partial charge in [-0.1, -0.05) is 0 Å². The second-order valence-electron chi connectivity index (χ2n) is 11.5. The van der Waals surface area contributed by atoms with Crippen LogP contribution < -0.4 is 11.5 Å². The van der Waals surface area contributed by atoms with Crippen molar-refractivity contribution in [2.45, 2.75) is 50.0 Å². The molecule has 0 aromatic carbocycles. The first-order chi connectivity index (χ1) is 22.3. The Balaban J connectivity index is 1.13. The van der Waals surface area contributed by atoms with Gasteiger partial charge in [0.2, 0.25) is 23.5 Å². The average molecular weight is 627 g/mol. The fourth-order valence-electron chi connectivity index (χ4n) is 6.30. The molecule has 0 bridgehead atoms. The third-order valence-electron chi connectivity index (χ3n) is 8.55. The number of aliphatic hydroxyl groups excluding tert-OH is 2. The minimum atomic E-state index is -0.649. The van der Waals surface area contributed by atoms with E-state index in [0.717, 1.165) is 0 Å². The van der Waals surface area contributed by atoms with Crippen LogP contribution in [-0.4, -0.2) is 90.5 Å². The zero-order chi connectivity index (χ0) is 31.5. The number of fused-ring (bicyclic) bond motifs is 2. The third-order valence-corrected chi connectivity index (χ3v) is 8.55. The van der Waals surface area contributed by atoms with Gasteiger partial charge in [0, 0.05) is 25.2 Å². The van der Waals surface area contributed by atoms with E-state index in [1.54, 1.807) is 46.2 Å². The number of carbonyl (C=O) groups excluding carboxylic acids is 1. The summed E-state index contributed by atoms with van der Waals surface area (Å²) in [5.41, 5.74) is 14.4. The van der Waals surface area contributed by atoms with Crippen molar-refractivity contribution in [3.05, 3.63) is 60.3 Å². The number of rotatable bonds is 4. The van der Waals surface area contributed by atoms with Crippen LogP contribution in [0.1, 0.15) is 49.2 Å². The summed E-state index contributed by atoms with van der Waals surface area (Å²) in [6, 6.07) is 8.89. The number of furan rings is 2. The maximum absolute atomic E-state index is 14.4. The number of piperidine rings is 2. The summed E-state index contributed by atoms with van der Waals surface area (Å²) in [7, 11) is 0. The monoisotopic (exact) mass is 626 g/mol. The maximum atomic E-state index is 14.4. The summed E-state index contributed by atoms with van der Waals surface area (Å²) in [5.74, 6) is 1.80. The van der Waals surface area contributed by atoms with Crippen LogP contribution >= 0.6 is 0 Å². The molecule has 8 rings (SSSR count). The van der Waals surface area contributed by atoms with E-state index in [9.17, 15) is 15.0 Å². The highest BCUT2D eigenvalue weighted by Crippen LogP contribution is 2.37. The lowest BCUT2D eigenvalue weighted by Gasteiger charge is -2.44. The Morgan fingerprint density at radius 3 is 1.61 bits per heavy atom. The van der Waals surface area contributed by atoms with Gasteiger partial charge in [0.05, 0.1) is 48.2 Å². The number of nitrogens with two attached hydrogens (primary N) is 2. The van der Waals surface area contributed by atoms with Crippen molar-refractivity contribution >= 4 is 29.2 Å². The molecular formula is C29H30N12O5. The van der Waals surface area contributed by atoms with Gasteiger partial charge in [0.1, 0.15) is 0 Å². The summed E-state index contributed by atoms with van der Waals surface area (Å²) in [4.78, 5) is 36.1. The van der Waals surface area contributed by atoms with E-state index in [1.807, 2.05) is 0 Å². The van der Waals surface area contributed by atoms with E-state index >= 15 is 0 Å². The number of urea groups is 1. The van der Waals surface area contributed by atoms with Gasteiger partial charge in [-0.2, -0.15) is 9.03 Å². The predicted octanol–water partition coefficient (Wildman–Crippen LogP) is 2.06. The second-order valence-corrected chi connectivity index (χ2v) is 11.5. The Morgan fingerprint density at radius 1 is 0.739 bits per heavy atom. The summed E-state index contributed by atoms with van der Waals surface area (Å²) in [5, 5.41) is 30.2. The van der Waals surface area contributed by atoms with Crippen molar-refractivity contribution in [1.82, 2.24) is 49.0 Å². The molecular weight excluding hydrogens is 596 g/mol. The Kier molecular flexibility index (Phi) is 6.57. The van der Waals surface area contributed by atoms with Crippen LogP contribution in [0.5, 0.6) is 0 Å². The van der Waals surface area contributed by atoms with E-state index in [2.05, 4.69) is 30.1 Å². The highest BCUT2D eigenvalue weighted by Gasteiger charge is 2.40. The smallest absolute Gasteiger partial charge is 0.321 e. The number of amides is 2. The molecule has 0 aliphatic carbocycles. The Labute approximate surface area is 260 Å². The van der Waals surface area contributed by atoms with E-state index in [-0.39, 0.29) is 43.9 Å². The molecule has 6 aromatic heterocycles. The summed E-state index contributed by atoms with van der Waals surface area (Å²) >= 11 is 0. The molecule has 0 spiro atoms. The standard InChI is InChI=1S/C29H30N12O5/c30-27-32-17(13-23-34-25(36-40(23)27)21-3-1-9-45-21)19-11-15(42)5-7-38(19)29(44)39-8-6-16(43)12-20(39)18-14-24-35-26(22-4-2-10-46-22)37-41(24)28(31)33-18/h1-4,9-10,13-16,19-20,42-43H,5-8,11-12H2,(H2,30,32)(H2,31,33). The molecule has 2 aliphatic heterocycles. The fraction of sp³-hybridized carbons (Fsp3) is 0.345. The maximum Gasteiger partial charge on any atom is 0.321 e. The molecule has 2 amide bonds. The first-order valence-corrected chi connectivity index (χ1v) is 14.9. The van der Waals surface area contributed by atoms with Gasteiger partial charge in [-0.3, -0.25) is 0 Å². The molecule has 0 saturated carbocycles. The number of hydrogen-bond donors (Lipinski definition) is 4. The van der Waals surface area contributed by atoms with Gasteiger partial charge in [-0.05, 0) is 49.9 Å². The Morgan fingerprint density at radius 2 is 1.20 bits per heavy atom. The topological polar surface area (TPSA) is 228 Å². The first kappa shape index (κ1) is 28.0. The zero-order valence-electron chi connectivity index (χ0n) is 24.4. The van der Waals surface area contributed by atoms with Crippen LogP contribution in [0.2, 0.25) is 0 Å². The molecule has 6 N–H and O–H groups in total. The van der Waals surface area contributed by atoms with Crippen molar-refractivity contribution in [1.29, 1.82) is 0 Å². The van der Waals surface area contributed by atoms with Gasteiger partial charge in [-0.25, -0.2) is 24.7 Å². The van der Waals surface area contributed by atoms with E-state index in [1.165, 1.54) is 21.6 Å². The minimum absolute atomic E-state index is 0.0828. The number of aliphatic hydroxyl groups is 2. The lowest BCUT2D eigenvalue weighted by molar-refractivity contribution is 0.0176. The summed E-state index contributed by atoms with van der Waals surface area (Å²) in [6.45, 7) is 0.553. The molecule has 2 aliphatic rings. The number of likely N-dealkylation sites (tertiary alicyclic amines) is 2. The number of nitrogen functional groups attached to an aromatic ring is 2. The molecule has 17 nitrogen and oxygen atoms in total. The SMILES string of the molecule is Nc1nc(C2CC(O)CCN2C(=O)N2CCC(O)CC2c2cc3nc(-c4ccco4)nn3c(N)n2)cc2nc(-c3ccco3)nn12. The van der Waals surface area contributed by atoms with Gasteiger partial charge >= 0.3 is 6.03 Å². The molecule has 46 heavy (non-hydrogen) atoms. The molecule has 8 heterocycles.